The number of hydrogen-bond acceptors (Lipinski definition) is 3. The first-order chi connectivity index (χ1) is 14.6. The minimum atomic E-state index is 0.0603. The van der Waals surface area contributed by atoms with E-state index in [0.717, 1.165) is 36.4 Å². The summed E-state index contributed by atoms with van der Waals surface area (Å²) in [5.41, 5.74) is 1.09. The molecule has 2 unspecified atom stereocenters. The minimum absolute atomic E-state index is 0.0603. The van der Waals surface area contributed by atoms with Crippen molar-refractivity contribution in [3.05, 3.63) is 76.3 Å². The summed E-state index contributed by atoms with van der Waals surface area (Å²) in [5.74, 6) is 0.871. The van der Waals surface area contributed by atoms with Crippen molar-refractivity contribution >= 4 is 51.6 Å². The van der Waals surface area contributed by atoms with E-state index >= 15 is 0 Å². The van der Waals surface area contributed by atoms with Crippen LogP contribution in [0.5, 0.6) is 0 Å². The number of carbonyl (C=O) groups is 1. The van der Waals surface area contributed by atoms with Crippen LogP contribution in [-0.4, -0.2) is 30.8 Å². The fourth-order valence-corrected chi connectivity index (χ4v) is 5.01. The number of fused-ring (bicyclic) bond motifs is 1. The Morgan fingerprint density at radius 3 is 2.67 bits per heavy atom. The molecule has 0 spiro atoms. The van der Waals surface area contributed by atoms with Gasteiger partial charge in [-0.1, -0.05) is 59.6 Å². The molecule has 2 N–H and O–H groups in total. The fraction of sp³-hybridized carbons (Fsp3) is 0.292. The van der Waals surface area contributed by atoms with E-state index in [1.54, 1.807) is 11.8 Å². The lowest BCUT2D eigenvalue weighted by Gasteiger charge is -2.24. The molecule has 1 saturated heterocycles. The molecule has 0 aromatic heterocycles. The molecule has 3 aromatic carbocycles. The van der Waals surface area contributed by atoms with E-state index in [-0.39, 0.29) is 11.9 Å². The largest absolute Gasteiger partial charge is 0.352 e. The summed E-state index contributed by atoms with van der Waals surface area (Å²) in [6.07, 6.45) is 1.81. The van der Waals surface area contributed by atoms with E-state index in [9.17, 15) is 4.79 Å². The number of amides is 1. The third-order valence-electron chi connectivity index (χ3n) is 5.54. The van der Waals surface area contributed by atoms with Gasteiger partial charge in [0, 0.05) is 10.9 Å². The van der Waals surface area contributed by atoms with Gasteiger partial charge in [0.25, 0.3) is 0 Å². The highest BCUT2D eigenvalue weighted by Crippen LogP contribution is 2.26. The molecule has 0 aliphatic carbocycles. The quantitative estimate of drug-likeness (QED) is 0.454. The smallest absolute Gasteiger partial charge is 0.230 e. The predicted molar refractivity (Wildman–Crippen MR) is 128 cm³/mol. The zero-order valence-electron chi connectivity index (χ0n) is 16.5. The summed E-state index contributed by atoms with van der Waals surface area (Å²) in [6, 6.07) is 20.4. The summed E-state index contributed by atoms with van der Waals surface area (Å²) in [4.78, 5) is 13.9. The van der Waals surface area contributed by atoms with Crippen LogP contribution < -0.4 is 10.6 Å². The van der Waals surface area contributed by atoms with Crippen molar-refractivity contribution in [1.29, 1.82) is 0 Å². The van der Waals surface area contributed by atoms with E-state index in [0.29, 0.717) is 21.7 Å². The number of benzene rings is 3. The second kappa shape index (κ2) is 10.1. The Bertz CT molecular complexity index is 1040. The van der Waals surface area contributed by atoms with E-state index < -0.39 is 0 Å². The topological polar surface area (TPSA) is 41.1 Å². The van der Waals surface area contributed by atoms with Crippen LogP contribution in [0.2, 0.25) is 10.0 Å². The lowest BCUT2D eigenvalue weighted by atomic mass is 9.92. The Morgan fingerprint density at radius 1 is 1.07 bits per heavy atom. The van der Waals surface area contributed by atoms with Gasteiger partial charge in [-0.25, -0.2) is 0 Å². The van der Waals surface area contributed by atoms with E-state index in [1.807, 2.05) is 30.3 Å². The molecule has 30 heavy (non-hydrogen) atoms. The number of rotatable bonds is 7. The summed E-state index contributed by atoms with van der Waals surface area (Å²) in [6.45, 7) is 1.91. The van der Waals surface area contributed by atoms with E-state index in [2.05, 4.69) is 41.0 Å². The molecule has 1 aliphatic heterocycles. The monoisotopic (exact) mass is 458 g/mol. The average molecular weight is 459 g/mol. The molecule has 4 rings (SSSR count). The molecule has 0 bridgehead atoms. The molecule has 1 heterocycles. The van der Waals surface area contributed by atoms with Crippen molar-refractivity contribution in [3.63, 3.8) is 0 Å². The minimum Gasteiger partial charge on any atom is -0.352 e. The van der Waals surface area contributed by atoms with Crippen molar-refractivity contribution in [2.45, 2.75) is 23.8 Å². The SMILES string of the molecule is O=C(CSc1ccc2ccccc2c1)NC(Cc1ccc(Cl)c(Cl)c1)C1CCNC1. The normalized spacial score (nSPS) is 17.2. The van der Waals surface area contributed by atoms with E-state index in [1.165, 1.54) is 10.8 Å². The maximum Gasteiger partial charge on any atom is 0.230 e. The molecule has 2 atom stereocenters. The number of carbonyl (C=O) groups excluding carboxylic acids is 1. The highest BCUT2D eigenvalue weighted by atomic mass is 35.5. The summed E-state index contributed by atoms with van der Waals surface area (Å²) >= 11 is 13.8. The van der Waals surface area contributed by atoms with Gasteiger partial charge >= 0.3 is 0 Å². The fourth-order valence-electron chi connectivity index (χ4n) is 3.93. The number of thioether (sulfide) groups is 1. The number of hydrogen-bond donors (Lipinski definition) is 2. The second-order valence-electron chi connectivity index (χ2n) is 7.68. The van der Waals surface area contributed by atoms with Crippen molar-refractivity contribution < 1.29 is 4.79 Å². The Hall–Kier alpha value is -1.72. The number of nitrogens with one attached hydrogen (secondary N) is 2. The van der Waals surface area contributed by atoms with Gasteiger partial charge in [0.05, 0.1) is 15.8 Å². The molecule has 3 aromatic rings. The Morgan fingerprint density at radius 2 is 1.90 bits per heavy atom. The van der Waals surface area contributed by atoms with Crippen LogP contribution in [0.1, 0.15) is 12.0 Å². The van der Waals surface area contributed by atoms with Gasteiger partial charge in [-0.3, -0.25) is 4.79 Å². The van der Waals surface area contributed by atoms with Gasteiger partial charge in [0.15, 0.2) is 0 Å². The first kappa shape index (κ1) is 21.5. The third-order valence-corrected chi connectivity index (χ3v) is 7.28. The van der Waals surface area contributed by atoms with Gasteiger partial charge in [0.2, 0.25) is 5.91 Å². The molecular formula is C24H24Cl2N2OS. The molecule has 0 saturated carbocycles. The molecule has 1 aliphatic rings. The molecule has 6 heteroatoms. The van der Waals surface area contributed by atoms with Crippen LogP contribution in [0, 0.1) is 5.92 Å². The molecule has 156 valence electrons. The van der Waals surface area contributed by atoms with Crippen LogP contribution >= 0.6 is 35.0 Å². The average Bonchev–Trinajstić information content (AvgIpc) is 3.29. The first-order valence-corrected chi connectivity index (χ1v) is 11.9. The van der Waals surface area contributed by atoms with Crippen LogP contribution in [-0.2, 0) is 11.2 Å². The van der Waals surface area contributed by atoms with Crippen molar-refractivity contribution in [2.24, 2.45) is 5.92 Å². The van der Waals surface area contributed by atoms with Crippen molar-refractivity contribution in [2.75, 3.05) is 18.8 Å². The van der Waals surface area contributed by atoms with Crippen LogP contribution in [0.3, 0.4) is 0 Å². The van der Waals surface area contributed by atoms with Gasteiger partial charge in [-0.05, 0) is 72.5 Å². The summed E-state index contributed by atoms with van der Waals surface area (Å²) < 4.78 is 0. The van der Waals surface area contributed by atoms with Gasteiger partial charge in [-0.15, -0.1) is 11.8 Å². The van der Waals surface area contributed by atoms with E-state index in [4.69, 9.17) is 23.2 Å². The van der Waals surface area contributed by atoms with Gasteiger partial charge in [-0.2, -0.15) is 0 Å². The van der Waals surface area contributed by atoms with Crippen LogP contribution in [0.25, 0.3) is 10.8 Å². The maximum atomic E-state index is 12.8. The predicted octanol–water partition coefficient (Wildman–Crippen LogP) is 5.58. The van der Waals surface area contributed by atoms with Crippen LogP contribution in [0.15, 0.2) is 65.6 Å². The second-order valence-corrected chi connectivity index (χ2v) is 9.54. The Labute approximate surface area is 191 Å². The molecule has 1 amide bonds. The lowest BCUT2D eigenvalue weighted by Crippen LogP contribution is -2.43. The van der Waals surface area contributed by atoms with Crippen LogP contribution in [0.4, 0.5) is 0 Å². The molecule has 1 fully saturated rings. The number of halogens is 2. The van der Waals surface area contributed by atoms with Crippen molar-refractivity contribution in [1.82, 2.24) is 10.6 Å². The molecule has 3 nitrogen and oxygen atoms in total. The summed E-state index contributed by atoms with van der Waals surface area (Å²) in [7, 11) is 0. The summed E-state index contributed by atoms with van der Waals surface area (Å²) in [5, 5.41) is 10.2. The highest BCUT2D eigenvalue weighted by Gasteiger charge is 2.26. The Balaban J connectivity index is 1.39. The highest BCUT2D eigenvalue weighted by molar-refractivity contribution is 8.00. The molecule has 0 radical (unpaired) electrons. The zero-order valence-corrected chi connectivity index (χ0v) is 18.9. The van der Waals surface area contributed by atoms with Gasteiger partial charge < -0.3 is 10.6 Å². The third kappa shape index (κ3) is 5.50. The molecular weight excluding hydrogens is 435 g/mol. The lowest BCUT2D eigenvalue weighted by molar-refractivity contribution is -0.119. The Kier molecular flexibility index (Phi) is 7.21. The van der Waals surface area contributed by atoms with Crippen molar-refractivity contribution in [3.8, 4) is 0 Å². The van der Waals surface area contributed by atoms with Gasteiger partial charge in [0.1, 0.15) is 0 Å². The zero-order chi connectivity index (χ0) is 20.9. The standard InChI is InChI=1S/C24H24Cl2N2OS/c25-21-8-5-16(11-22(21)26)12-23(19-9-10-27-14-19)28-24(29)15-30-20-7-6-17-3-1-2-4-18(17)13-20/h1-8,11,13,19,23,27H,9-10,12,14-15H2,(H,28,29). The first-order valence-electron chi connectivity index (χ1n) is 10.1. The maximum absolute atomic E-state index is 12.8.